The van der Waals surface area contributed by atoms with Crippen LogP contribution in [0.15, 0.2) is 42.6 Å². The third-order valence-corrected chi connectivity index (χ3v) is 3.97. The van der Waals surface area contributed by atoms with Gasteiger partial charge in [0.25, 0.3) is 5.91 Å². The van der Waals surface area contributed by atoms with Gasteiger partial charge in [0.15, 0.2) is 5.65 Å². The van der Waals surface area contributed by atoms with E-state index in [1.165, 1.54) is 0 Å². The Morgan fingerprint density at radius 2 is 1.92 bits per heavy atom. The van der Waals surface area contributed by atoms with Crippen LogP contribution >= 0.6 is 0 Å². The molecule has 3 rings (SSSR count). The number of amides is 1. The number of carbonyl (C=O) groups is 1. The molecule has 6 heteroatoms. The first kappa shape index (κ1) is 17.0. The van der Waals surface area contributed by atoms with Crippen molar-refractivity contribution in [3.05, 3.63) is 59.5 Å². The third kappa shape index (κ3) is 3.63. The van der Waals surface area contributed by atoms with Crippen molar-refractivity contribution in [1.82, 2.24) is 19.9 Å². The van der Waals surface area contributed by atoms with Crippen molar-refractivity contribution in [2.45, 2.75) is 32.7 Å². The van der Waals surface area contributed by atoms with E-state index < -0.39 is 0 Å². The number of hydrogen-bond donors (Lipinski definition) is 1. The van der Waals surface area contributed by atoms with Crippen molar-refractivity contribution >= 4 is 11.6 Å². The highest BCUT2D eigenvalue weighted by molar-refractivity contribution is 5.92. The highest BCUT2D eigenvalue weighted by Gasteiger charge is 2.21. The number of nitrogens with zero attached hydrogens (tertiary/aromatic N) is 3. The van der Waals surface area contributed by atoms with E-state index in [0.29, 0.717) is 17.9 Å². The van der Waals surface area contributed by atoms with E-state index in [-0.39, 0.29) is 11.3 Å². The molecule has 130 valence electrons. The Bertz CT molecular complexity index is 892. The normalized spacial score (nSPS) is 11.5. The van der Waals surface area contributed by atoms with Crippen LogP contribution in [0.1, 0.15) is 42.5 Å². The largest absolute Gasteiger partial charge is 0.497 e. The molecular weight excluding hydrogens is 316 g/mol. The van der Waals surface area contributed by atoms with Crippen LogP contribution < -0.4 is 10.1 Å². The van der Waals surface area contributed by atoms with Gasteiger partial charge >= 0.3 is 0 Å². The zero-order valence-corrected chi connectivity index (χ0v) is 14.9. The first-order chi connectivity index (χ1) is 11.9. The summed E-state index contributed by atoms with van der Waals surface area (Å²) in [4.78, 5) is 17.0. The number of carbonyl (C=O) groups excluding carboxylic acids is 1. The fraction of sp³-hybridized carbons (Fsp3) is 0.316. The van der Waals surface area contributed by atoms with Gasteiger partial charge in [-0.1, -0.05) is 32.9 Å². The zero-order chi connectivity index (χ0) is 18.0. The van der Waals surface area contributed by atoms with Gasteiger partial charge in [0, 0.05) is 18.0 Å². The van der Waals surface area contributed by atoms with Crippen LogP contribution in [0.3, 0.4) is 0 Å². The smallest absolute Gasteiger partial charge is 0.270 e. The molecule has 0 atom stereocenters. The Kier molecular flexibility index (Phi) is 4.44. The summed E-state index contributed by atoms with van der Waals surface area (Å²) < 4.78 is 6.91. The summed E-state index contributed by atoms with van der Waals surface area (Å²) in [5.74, 6) is 0.586. The first-order valence-corrected chi connectivity index (χ1v) is 8.15. The van der Waals surface area contributed by atoms with E-state index in [1.54, 1.807) is 23.9 Å². The number of methoxy groups -OCH3 is 1. The highest BCUT2D eigenvalue weighted by Crippen LogP contribution is 2.23. The lowest BCUT2D eigenvalue weighted by molar-refractivity contribution is 0.0946. The maximum Gasteiger partial charge on any atom is 0.270 e. The summed E-state index contributed by atoms with van der Waals surface area (Å²) >= 11 is 0. The van der Waals surface area contributed by atoms with Gasteiger partial charge in [-0.05, 0) is 23.8 Å². The van der Waals surface area contributed by atoms with Crippen LogP contribution in [0, 0.1) is 0 Å². The molecule has 25 heavy (non-hydrogen) atoms. The van der Waals surface area contributed by atoms with E-state index in [9.17, 15) is 4.79 Å². The highest BCUT2D eigenvalue weighted by atomic mass is 16.5. The van der Waals surface area contributed by atoms with Crippen molar-refractivity contribution in [1.29, 1.82) is 0 Å². The average Bonchev–Trinajstić information content (AvgIpc) is 3.06. The average molecular weight is 338 g/mol. The molecule has 0 saturated carbocycles. The molecule has 1 aromatic carbocycles. The van der Waals surface area contributed by atoms with Crippen molar-refractivity contribution in [2.75, 3.05) is 7.11 Å². The second-order valence-electron chi connectivity index (χ2n) is 6.91. The van der Waals surface area contributed by atoms with E-state index in [2.05, 4.69) is 36.2 Å². The second-order valence-corrected chi connectivity index (χ2v) is 6.91. The molecule has 0 bridgehead atoms. The van der Waals surface area contributed by atoms with Crippen LogP contribution in [0.4, 0.5) is 0 Å². The van der Waals surface area contributed by atoms with Gasteiger partial charge in [0.05, 0.1) is 19.0 Å². The number of fused-ring (bicyclic) bond motifs is 1. The van der Waals surface area contributed by atoms with Crippen LogP contribution in [0.2, 0.25) is 0 Å². The standard InChI is InChI=1S/C19H22N4O2/c1-19(2,3)16-11-15(22-17-9-10-21-23(16)17)18(24)20-12-13-5-7-14(25-4)8-6-13/h5-11H,12H2,1-4H3,(H,20,24). The molecule has 0 unspecified atom stereocenters. The Labute approximate surface area is 146 Å². The van der Waals surface area contributed by atoms with E-state index >= 15 is 0 Å². The van der Waals surface area contributed by atoms with Gasteiger partial charge in [-0.25, -0.2) is 9.50 Å². The summed E-state index contributed by atoms with van der Waals surface area (Å²) in [5, 5.41) is 7.22. The number of nitrogens with one attached hydrogen (secondary N) is 1. The molecule has 3 aromatic rings. The van der Waals surface area contributed by atoms with Gasteiger partial charge in [-0.2, -0.15) is 5.10 Å². The Morgan fingerprint density at radius 3 is 2.56 bits per heavy atom. The Hall–Kier alpha value is -2.89. The van der Waals surface area contributed by atoms with Gasteiger partial charge in [-0.15, -0.1) is 0 Å². The molecule has 2 aromatic heterocycles. The summed E-state index contributed by atoms with van der Waals surface area (Å²) in [6.07, 6.45) is 1.69. The minimum Gasteiger partial charge on any atom is -0.497 e. The van der Waals surface area contributed by atoms with Gasteiger partial charge in [0.1, 0.15) is 11.4 Å². The first-order valence-electron chi connectivity index (χ1n) is 8.15. The maximum atomic E-state index is 12.6. The van der Waals surface area contributed by atoms with Crippen molar-refractivity contribution in [3.63, 3.8) is 0 Å². The lowest BCUT2D eigenvalue weighted by Gasteiger charge is -2.20. The molecule has 0 saturated heterocycles. The third-order valence-electron chi connectivity index (χ3n) is 3.97. The summed E-state index contributed by atoms with van der Waals surface area (Å²) in [5.41, 5.74) is 2.85. The molecule has 0 radical (unpaired) electrons. The fourth-order valence-corrected chi connectivity index (χ4v) is 2.58. The summed E-state index contributed by atoms with van der Waals surface area (Å²) in [6.45, 7) is 6.69. The molecule has 1 amide bonds. The van der Waals surface area contributed by atoms with Crippen molar-refractivity contribution in [2.24, 2.45) is 0 Å². The molecule has 0 aliphatic heterocycles. The fourth-order valence-electron chi connectivity index (χ4n) is 2.58. The van der Waals surface area contributed by atoms with E-state index in [4.69, 9.17) is 4.74 Å². The monoisotopic (exact) mass is 338 g/mol. The Morgan fingerprint density at radius 1 is 1.20 bits per heavy atom. The number of benzene rings is 1. The lowest BCUT2D eigenvalue weighted by Crippen LogP contribution is -2.26. The molecule has 2 heterocycles. The molecule has 0 aliphatic rings. The SMILES string of the molecule is COc1ccc(CNC(=O)c2cc(C(C)(C)C)n3nccc3n2)cc1. The quantitative estimate of drug-likeness (QED) is 0.794. The Balaban J connectivity index is 1.81. The molecule has 0 fully saturated rings. The van der Waals surface area contributed by atoms with Gasteiger partial charge < -0.3 is 10.1 Å². The summed E-state index contributed by atoms with van der Waals surface area (Å²) in [7, 11) is 1.63. The van der Waals surface area contributed by atoms with Crippen molar-refractivity contribution in [3.8, 4) is 5.75 Å². The number of ether oxygens (including phenoxy) is 1. The van der Waals surface area contributed by atoms with Crippen LogP contribution in [-0.2, 0) is 12.0 Å². The summed E-state index contributed by atoms with van der Waals surface area (Å²) in [6, 6.07) is 11.2. The minimum atomic E-state index is -0.204. The predicted molar refractivity (Wildman–Crippen MR) is 95.9 cm³/mol. The lowest BCUT2D eigenvalue weighted by atomic mass is 9.91. The number of aromatic nitrogens is 3. The van der Waals surface area contributed by atoms with Crippen LogP contribution in [-0.4, -0.2) is 27.6 Å². The number of hydrogen-bond acceptors (Lipinski definition) is 4. The van der Waals surface area contributed by atoms with E-state index in [0.717, 1.165) is 17.0 Å². The van der Waals surface area contributed by atoms with E-state index in [1.807, 2.05) is 30.3 Å². The minimum absolute atomic E-state index is 0.155. The molecule has 0 aliphatic carbocycles. The van der Waals surface area contributed by atoms with Crippen LogP contribution in [0.25, 0.3) is 5.65 Å². The number of rotatable bonds is 4. The zero-order valence-electron chi connectivity index (χ0n) is 14.9. The molecular formula is C19H22N4O2. The molecule has 6 nitrogen and oxygen atoms in total. The second kappa shape index (κ2) is 6.55. The molecule has 1 N–H and O–H groups in total. The van der Waals surface area contributed by atoms with Crippen LogP contribution in [0.5, 0.6) is 5.75 Å². The predicted octanol–water partition coefficient (Wildman–Crippen LogP) is 2.97. The van der Waals surface area contributed by atoms with Gasteiger partial charge in [-0.3, -0.25) is 4.79 Å². The van der Waals surface area contributed by atoms with Gasteiger partial charge in [0.2, 0.25) is 0 Å². The van der Waals surface area contributed by atoms with Crippen molar-refractivity contribution < 1.29 is 9.53 Å². The molecule has 0 spiro atoms. The maximum absolute atomic E-state index is 12.6. The topological polar surface area (TPSA) is 68.5 Å².